The van der Waals surface area contributed by atoms with Gasteiger partial charge in [0.05, 0.1) is 21.0 Å². The Morgan fingerprint density at radius 1 is 1.06 bits per heavy atom. The average molecular weight is 539 g/mol. The fraction of sp³-hybridized carbons (Fsp3) is 0.391. The highest BCUT2D eigenvalue weighted by atomic mass is 35.5. The van der Waals surface area contributed by atoms with E-state index in [1.807, 2.05) is 25.1 Å². The number of hydrogen-bond acceptors (Lipinski definition) is 7. The summed E-state index contributed by atoms with van der Waals surface area (Å²) in [5.41, 5.74) is 1.08. The molecule has 3 aromatic rings. The van der Waals surface area contributed by atoms with Crippen LogP contribution in [-0.4, -0.2) is 61.3 Å². The van der Waals surface area contributed by atoms with Crippen molar-refractivity contribution in [2.24, 2.45) is 0 Å². The lowest BCUT2D eigenvalue weighted by atomic mass is 10.2. The minimum absolute atomic E-state index is 0.0125. The number of hydrogen-bond donors (Lipinski definition) is 1. The molecular weight excluding hydrogens is 511 g/mol. The SMILES string of the molecule is CCn1c(Oc2cccc(N3CCN(C)CC3)c2)nnc1C(C)NS(=O)(=O)c1ccc(Cl)c(Cl)c1. The second-order valence-electron chi connectivity index (χ2n) is 8.39. The second-order valence-corrected chi connectivity index (χ2v) is 10.9. The van der Waals surface area contributed by atoms with Crippen molar-refractivity contribution in [2.45, 2.75) is 31.3 Å². The zero-order chi connectivity index (χ0) is 25.2. The molecule has 35 heavy (non-hydrogen) atoms. The molecule has 0 radical (unpaired) electrons. The van der Waals surface area contributed by atoms with Crippen LogP contribution in [0.15, 0.2) is 47.4 Å². The fourth-order valence-electron chi connectivity index (χ4n) is 3.90. The molecule has 1 aromatic heterocycles. The highest BCUT2D eigenvalue weighted by Gasteiger charge is 2.25. The van der Waals surface area contributed by atoms with Crippen molar-refractivity contribution in [3.05, 3.63) is 58.3 Å². The number of rotatable bonds is 8. The molecule has 0 spiro atoms. The maximum Gasteiger partial charge on any atom is 0.322 e. The molecule has 1 saturated heterocycles. The summed E-state index contributed by atoms with van der Waals surface area (Å²) in [6, 6.07) is 11.6. The Kier molecular flexibility index (Phi) is 7.87. The monoisotopic (exact) mass is 538 g/mol. The summed E-state index contributed by atoms with van der Waals surface area (Å²) in [5.74, 6) is 1.07. The van der Waals surface area contributed by atoms with Crippen molar-refractivity contribution in [1.29, 1.82) is 0 Å². The molecular formula is C23H28Cl2N6O3S. The van der Waals surface area contributed by atoms with E-state index in [0.29, 0.717) is 24.1 Å². The summed E-state index contributed by atoms with van der Waals surface area (Å²) < 4.78 is 36.2. The number of piperazine rings is 1. The Morgan fingerprint density at radius 3 is 2.49 bits per heavy atom. The van der Waals surface area contributed by atoms with E-state index < -0.39 is 16.1 Å². The van der Waals surface area contributed by atoms with E-state index >= 15 is 0 Å². The fourth-order valence-corrected chi connectivity index (χ4v) is 5.49. The first-order valence-electron chi connectivity index (χ1n) is 11.3. The molecule has 1 N–H and O–H groups in total. The summed E-state index contributed by atoms with van der Waals surface area (Å²) in [7, 11) is -1.74. The topological polar surface area (TPSA) is 92.6 Å². The number of ether oxygens (including phenoxy) is 1. The van der Waals surface area contributed by atoms with Crippen LogP contribution in [0.3, 0.4) is 0 Å². The average Bonchev–Trinajstić information content (AvgIpc) is 3.23. The highest BCUT2D eigenvalue weighted by molar-refractivity contribution is 7.89. The van der Waals surface area contributed by atoms with Crippen molar-refractivity contribution in [3.63, 3.8) is 0 Å². The third-order valence-corrected chi connectivity index (χ3v) is 8.15. The molecule has 0 aliphatic carbocycles. The van der Waals surface area contributed by atoms with Gasteiger partial charge in [0.1, 0.15) is 5.75 Å². The van der Waals surface area contributed by atoms with Gasteiger partial charge in [0.2, 0.25) is 10.0 Å². The molecule has 2 aromatic carbocycles. The largest absolute Gasteiger partial charge is 0.424 e. The van der Waals surface area contributed by atoms with Crippen LogP contribution in [0.25, 0.3) is 0 Å². The number of sulfonamides is 1. The van der Waals surface area contributed by atoms with Gasteiger partial charge >= 0.3 is 6.01 Å². The predicted octanol–water partition coefficient (Wildman–Crippen LogP) is 4.19. The van der Waals surface area contributed by atoms with E-state index in [2.05, 4.69) is 37.8 Å². The first-order valence-corrected chi connectivity index (χ1v) is 13.5. The Morgan fingerprint density at radius 2 is 1.80 bits per heavy atom. The first kappa shape index (κ1) is 25.7. The van der Waals surface area contributed by atoms with Gasteiger partial charge in [-0.3, -0.25) is 4.57 Å². The van der Waals surface area contributed by atoms with E-state index in [9.17, 15) is 8.42 Å². The van der Waals surface area contributed by atoms with Gasteiger partial charge in [-0.25, -0.2) is 13.1 Å². The highest BCUT2D eigenvalue weighted by Crippen LogP contribution is 2.29. The van der Waals surface area contributed by atoms with Crippen molar-refractivity contribution in [2.75, 3.05) is 38.1 Å². The quantitative estimate of drug-likeness (QED) is 0.459. The minimum Gasteiger partial charge on any atom is -0.424 e. The lowest BCUT2D eigenvalue weighted by molar-refractivity contribution is 0.312. The van der Waals surface area contributed by atoms with E-state index in [-0.39, 0.29) is 14.9 Å². The van der Waals surface area contributed by atoms with Crippen LogP contribution < -0.4 is 14.4 Å². The van der Waals surface area contributed by atoms with Crippen LogP contribution in [0.4, 0.5) is 5.69 Å². The normalized spacial score (nSPS) is 15.9. The molecule has 2 heterocycles. The van der Waals surface area contributed by atoms with Crippen molar-refractivity contribution in [3.8, 4) is 11.8 Å². The summed E-state index contributed by atoms with van der Waals surface area (Å²) >= 11 is 11.9. The van der Waals surface area contributed by atoms with Crippen molar-refractivity contribution < 1.29 is 13.2 Å². The van der Waals surface area contributed by atoms with Gasteiger partial charge in [0, 0.05) is 44.5 Å². The van der Waals surface area contributed by atoms with Gasteiger partial charge in [0.25, 0.3) is 0 Å². The number of halogens is 2. The lowest BCUT2D eigenvalue weighted by Gasteiger charge is -2.34. The Labute approximate surface area is 215 Å². The zero-order valence-corrected chi connectivity index (χ0v) is 22.1. The zero-order valence-electron chi connectivity index (χ0n) is 19.8. The Bertz CT molecular complexity index is 1290. The van der Waals surface area contributed by atoms with E-state index in [1.165, 1.54) is 18.2 Å². The Hall–Kier alpha value is -2.37. The standard InChI is InChI=1S/C23H28Cl2N6O3S/c1-4-31-22(16(2)28-35(32,33)19-8-9-20(24)21(25)15-19)26-27-23(31)34-18-7-5-6-17(14-18)30-12-10-29(3)11-13-30/h5-9,14-16,28H,4,10-13H2,1-3H3. The summed E-state index contributed by atoms with van der Waals surface area (Å²) in [6.07, 6.45) is 0. The van der Waals surface area contributed by atoms with Gasteiger partial charge in [-0.2, -0.15) is 0 Å². The molecule has 1 unspecified atom stereocenters. The molecule has 1 atom stereocenters. The molecule has 9 nitrogen and oxygen atoms in total. The van der Waals surface area contributed by atoms with Crippen molar-refractivity contribution >= 4 is 38.9 Å². The molecule has 1 aliphatic heterocycles. The number of likely N-dealkylation sites (N-methyl/N-ethyl adjacent to an activating group) is 1. The maximum atomic E-state index is 12.9. The number of nitrogens with one attached hydrogen (secondary N) is 1. The van der Waals surface area contributed by atoms with Gasteiger partial charge in [0.15, 0.2) is 5.82 Å². The molecule has 0 saturated carbocycles. The Balaban J connectivity index is 1.51. The second kappa shape index (κ2) is 10.7. The summed E-state index contributed by atoms with van der Waals surface area (Å²) in [5, 5.41) is 8.83. The van der Waals surface area contributed by atoms with Crippen LogP contribution in [0.5, 0.6) is 11.8 Å². The van der Waals surface area contributed by atoms with Crippen LogP contribution in [0, 0.1) is 0 Å². The van der Waals surface area contributed by atoms with E-state index in [1.54, 1.807) is 11.5 Å². The summed E-state index contributed by atoms with van der Waals surface area (Å²) in [4.78, 5) is 4.64. The van der Waals surface area contributed by atoms with Crippen LogP contribution in [-0.2, 0) is 16.6 Å². The van der Waals surface area contributed by atoms with E-state index in [0.717, 1.165) is 31.9 Å². The van der Waals surface area contributed by atoms with Crippen LogP contribution >= 0.6 is 23.2 Å². The van der Waals surface area contributed by atoms with Crippen LogP contribution in [0.1, 0.15) is 25.7 Å². The van der Waals surface area contributed by atoms with Gasteiger partial charge in [-0.05, 0) is 51.2 Å². The number of benzene rings is 2. The number of nitrogens with zero attached hydrogens (tertiary/aromatic N) is 5. The summed E-state index contributed by atoms with van der Waals surface area (Å²) in [6.45, 7) is 8.03. The van der Waals surface area contributed by atoms with Gasteiger partial charge in [-0.1, -0.05) is 34.4 Å². The van der Waals surface area contributed by atoms with Crippen LogP contribution in [0.2, 0.25) is 10.0 Å². The third-order valence-electron chi connectivity index (χ3n) is 5.88. The van der Waals surface area contributed by atoms with Gasteiger partial charge < -0.3 is 14.5 Å². The maximum absolute atomic E-state index is 12.9. The smallest absolute Gasteiger partial charge is 0.322 e. The molecule has 12 heteroatoms. The molecule has 188 valence electrons. The minimum atomic E-state index is -3.87. The van der Waals surface area contributed by atoms with Crippen molar-refractivity contribution in [1.82, 2.24) is 24.4 Å². The van der Waals surface area contributed by atoms with E-state index in [4.69, 9.17) is 27.9 Å². The lowest BCUT2D eigenvalue weighted by Crippen LogP contribution is -2.44. The number of anilines is 1. The molecule has 1 aliphatic rings. The molecule has 0 amide bonds. The molecule has 4 rings (SSSR count). The number of aromatic nitrogens is 3. The molecule has 0 bridgehead atoms. The first-order chi connectivity index (χ1) is 16.7. The van der Waals surface area contributed by atoms with Gasteiger partial charge in [-0.15, -0.1) is 5.10 Å². The molecule has 1 fully saturated rings. The predicted molar refractivity (Wildman–Crippen MR) is 137 cm³/mol. The third kappa shape index (κ3) is 5.90.